The molecule has 0 aromatic heterocycles. The van der Waals surface area contributed by atoms with E-state index in [0.717, 1.165) is 115 Å². The summed E-state index contributed by atoms with van der Waals surface area (Å²) in [4.78, 5) is 72.8. The minimum atomic E-state index is -4.96. The molecule has 0 bridgehead atoms. The maximum Gasteiger partial charge on any atom is 0.472 e. The number of aliphatic hydroxyl groups is 1. The fourth-order valence-corrected chi connectivity index (χ4v) is 14.1. The Balaban J connectivity index is 5.16. The number of phosphoric ester groups is 2. The average molecular weight is 1470 g/mol. The molecule has 0 radical (unpaired) electrons. The highest BCUT2D eigenvalue weighted by Crippen LogP contribution is 2.45. The van der Waals surface area contributed by atoms with Gasteiger partial charge in [0, 0.05) is 25.7 Å². The molecule has 0 saturated heterocycles. The van der Waals surface area contributed by atoms with E-state index >= 15 is 0 Å². The second kappa shape index (κ2) is 72.6. The van der Waals surface area contributed by atoms with E-state index in [-0.39, 0.29) is 25.7 Å². The van der Waals surface area contributed by atoms with Crippen molar-refractivity contribution in [1.82, 2.24) is 0 Å². The maximum atomic E-state index is 13.1. The van der Waals surface area contributed by atoms with Crippen LogP contribution < -0.4 is 0 Å². The monoisotopic (exact) mass is 1470 g/mol. The van der Waals surface area contributed by atoms with Crippen LogP contribution in [-0.2, 0) is 65.4 Å². The van der Waals surface area contributed by atoms with Gasteiger partial charge in [0.05, 0.1) is 26.4 Å². The second-order valence-electron chi connectivity index (χ2n) is 30.1. The first-order valence-electron chi connectivity index (χ1n) is 42.0. The number of esters is 4. The van der Waals surface area contributed by atoms with Gasteiger partial charge in [-0.15, -0.1) is 0 Å². The lowest BCUT2D eigenvalue weighted by molar-refractivity contribution is -0.161. The topological polar surface area (TPSA) is 237 Å². The van der Waals surface area contributed by atoms with Gasteiger partial charge in [0.2, 0.25) is 0 Å². The third kappa shape index (κ3) is 74.3. The summed E-state index contributed by atoms with van der Waals surface area (Å²) in [6.07, 6.45) is 62.8. The lowest BCUT2D eigenvalue weighted by Gasteiger charge is -2.21. The van der Waals surface area contributed by atoms with Gasteiger partial charge in [-0.2, -0.15) is 0 Å². The number of aliphatic hydroxyl groups excluding tert-OH is 1. The number of rotatable bonds is 80. The number of carbonyl (C=O) groups is 4. The van der Waals surface area contributed by atoms with Gasteiger partial charge in [-0.3, -0.25) is 37.3 Å². The Labute approximate surface area is 613 Å². The van der Waals surface area contributed by atoms with Crippen LogP contribution in [0.25, 0.3) is 0 Å². The first kappa shape index (κ1) is 98.1. The zero-order valence-corrected chi connectivity index (χ0v) is 67.3. The fraction of sp³-hybridized carbons (Fsp3) is 0.951. The first-order valence-corrected chi connectivity index (χ1v) is 45.0. The molecule has 100 heavy (non-hydrogen) atoms. The van der Waals surface area contributed by atoms with Crippen molar-refractivity contribution in [3.63, 3.8) is 0 Å². The van der Waals surface area contributed by atoms with E-state index in [9.17, 15) is 43.2 Å². The molecule has 0 amide bonds. The van der Waals surface area contributed by atoms with Gasteiger partial charge in [0.1, 0.15) is 19.3 Å². The van der Waals surface area contributed by atoms with Crippen LogP contribution in [-0.4, -0.2) is 96.7 Å². The van der Waals surface area contributed by atoms with Crippen LogP contribution in [0.3, 0.4) is 0 Å². The molecule has 0 aliphatic carbocycles. The van der Waals surface area contributed by atoms with E-state index in [4.69, 9.17) is 37.0 Å². The minimum absolute atomic E-state index is 0.106. The van der Waals surface area contributed by atoms with E-state index in [0.29, 0.717) is 25.7 Å². The number of unbranched alkanes of at least 4 members (excludes halogenated alkanes) is 50. The minimum Gasteiger partial charge on any atom is -0.462 e. The van der Waals surface area contributed by atoms with Gasteiger partial charge < -0.3 is 33.8 Å². The third-order valence-electron chi connectivity index (χ3n) is 19.0. The van der Waals surface area contributed by atoms with Crippen molar-refractivity contribution in [3.05, 3.63) is 0 Å². The van der Waals surface area contributed by atoms with Crippen molar-refractivity contribution >= 4 is 39.5 Å². The molecule has 0 aliphatic heterocycles. The SMILES string of the molecule is CCCCCCCCCCCCCCCCCCCCCCCCC(=O)O[C@H](COC(=O)CCCCCCCCCCCCCCCCCC(C)C)COP(=O)(O)OC[C@@H](O)COP(=O)(O)OC[C@@H](COC(=O)CCCCCCCCC)OC(=O)CCCCCCCCCCCCC(C)C. The maximum absolute atomic E-state index is 13.1. The second-order valence-corrected chi connectivity index (χ2v) is 33.0. The van der Waals surface area contributed by atoms with Crippen LogP contribution in [0.15, 0.2) is 0 Å². The van der Waals surface area contributed by atoms with Gasteiger partial charge >= 0.3 is 39.5 Å². The molecular weight excluding hydrogens is 1310 g/mol. The van der Waals surface area contributed by atoms with Crippen molar-refractivity contribution in [2.45, 2.75) is 445 Å². The largest absolute Gasteiger partial charge is 0.472 e. The van der Waals surface area contributed by atoms with Gasteiger partial charge in [-0.25, -0.2) is 9.13 Å². The summed E-state index contributed by atoms with van der Waals surface area (Å²) in [5.41, 5.74) is 0. The Hall–Kier alpha value is -1.94. The molecule has 594 valence electrons. The van der Waals surface area contributed by atoms with Crippen LogP contribution in [0.1, 0.15) is 427 Å². The molecule has 0 rings (SSSR count). The molecule has 3 N–H and O–H groups in total. The van der Waals surface area contributed by atoms with E-state index < -0.39 is 97.5 Å². The molecule has 0 fully saturated rings. The van der Waals surface area contributed by atoms with E-state index in [2.05, 4.69) is 41.5 Å². The molecule has 0 aromatic rings. The number of hydrogen-bond donors (Lipinski definition) is 3. The van der Waals surface area contributed by atoms with Crippen LogP contribution in [0, 0.1) is 11.8 Å². The molecule has 0 saturated carbocycles. The van der Waals surface area contributed by atoms with Crippen molar-refractivity contribution in [1.29, 1.82) is 0 Å². The Morgan fingerprint density at radius 3 is 0.680 bits per heavy atom. The molecule has 19 heteroatoms. The van der Waals surface area contributed by atoms with Crippen molar-refractivity contribution < 1.29 is 80.2 Å². The lowest BCUT2D eigenvalue weighted by Crippen LogP contribution is -2.30. The zero-order chi connectivity index (χ0) is 73.5. The smallest absolute Gasteiger partial charge is 0.462 e. The van der Waals surface area contributed by atoms with E-state index in [1.165, 1.54) is 231 Å². The summed E-state index contributed by atoms with van der Waals surface area (Å²) in [6.45, 7) is 9.60. The lowest BCUT2D eigenvalue weighted by atomic mass is 10.0. The first-order chi connectivity index (χ1) is 48.4. The standard InChI is InChI=1S/C81H158O17P2/c1-7-9-11-13-15-16-17-18-19-20-21-22-23-24-25-28-32-35-41-47-53-59-65-80(85)98-77(70-92-79(84)64-58-52-46-40-34-31-29-26-27-30-33-38-44-49-55-61-73(3)4)72-96-100(89,90)94-68-75(82)67-93-99(87,88)95-71-76(69-91-78(83)63-57-51-43-14-12-10-8-2)97-81(86)66-60-54-48-42-37-36-39-45-50-56-62-74(5)6/h73-77,82H,7-72H2,1-6H3,(H,87,88)(H,89,90)/t75-,76+,77+/m0/s1. The Kier molecular flexibility index (Phi) is 71.2. The zero-order valence-electron chi connectivity index (χ0n) is 65.5. The fourth-order valence-electron chi connectivity index (χ4n) is 12.5. The van der Waals surface area contributed by atoms with Crippen LogP contribution in [0.2, 0.25) is 0 Å². The number of carbonyl (C=O) groups excluding carboxylic acids is 4. The van der Waals surface area contributed by atoms with Crippen LogP contribution in [0.5, 0.6) is 0 Å². The van der Waals surface area contributed by atoms with Gasteiger partial charge in [0.25, 0.3) is 0 Å². The normalized spacial score (nSPS) is 13.9. The molecule has 0 aromatic carbocycles. The summed E-state index contributed by atoms with van der Waals surface area (Å²) in [5.74, 6) is -0.557. The predicted molar refractivity (Wildman–Crippen MR) is 409 cm³/mol. The van der Waals surface area contributed by atoms with Crippen LogP contribution >= 0.6 is 15.6 Å². The highest BCUT2D eigenvalue weighted by molar-refractivity contribution is 7.47. The van der Waals surface area contributed by atoms with Crippen molar-refractivity contribution in [2.75, 3.05) is 39.6 Å². The molecule has 5 atom stereocenters. The van der Waals surface area contributed by atoms with Crippen molar-refractivity contribution in [2.24, 2.45) is 11.8 Å². The summed E-state index contributed by atoms with van der Waals surface area (Å²) < 4.78 is 68.6. The van der Waals surface area contributed by atoms with Crippen molar-refractivity contribution in [3.8, 4) is 0 Å². The highest BCUT2D eigenvalue weighted by Gasteiger charge is 2.30. The molecule has 2 unspecified atom stereocenters. The van der Waals surface area contributed by atoms with Crippen LogP contribution in [0.4, 0.5) is 0 Å². The quantitative estimate of drug-likeness (QED) is 0.0222. The van der Waals surface area contributed by atoms with E-state index in [1.54, 1.807) is 0 Å². The Morgan fingerprint density at radius 2 is 0.460 bits per heavy atom. The molecule has 0 heterocycles. The number of phosphoric acid groups is 2. The summed E-state index contributed by atoms with van der Waals surface area (Å²) in [7, 11) is -9.91. The van der Waals surface area contributed by atoms with Gasteiger partial charge in [-0.05, 0) is 37.5 Å². The van der Waals surface area contributed by atoms with Gasteiger partial charge in [-0.1, -0.05) is 375 Å². The predicted octanol–water partition coefficient (Wildman–Crippen LogP) is 24.3. The summed E-state index contributed by atoms with van der Waals surface area (Å²) >= 11 is 0. The van der Waals surface area contributed by atoms with Gasteiger partial charge in [0.15, 0.2) is 12.2 Å². The molecule has 0 aliphatic rings. The molecule has 0 spiro atoms. The molecular formula is C81H158O17P2. The number of ether oxygens (including phenoxy) is 4. The van der Waals surface area contributed by atoms with E-state index in [1.807, 2.05) is 0 Å². The highest BCUT2D eigenvalue weighted by atomic mass is 31.2. The summed E-state index contributed by atoms with van der Waals surface area (Å²) in [6, 6.07) is 0. The Bertz CT molecular complexity index is 1920. The Morgan fingerprint density at radius 1 is 0.270 bits per heavy atom. The number of hydrogen-bond acceptors (Lipinski definition) is 15. The summed E-state index contributed by atoms with van der Waals surface area (Å²) in [5, 5.41) is 10.6. The average Bonchev–Trinajstić information content (AvgIpc) is 0.918. The third-order valence-corrected chi connectivity index (χ3v) is 20.9. The molecule has 17 nitrogen and oxygen atoms in total.